The molecule has 1 amide bonds. The molecule has 1 saturated heterocycles. The van der Waals surface area contributed by atoms with E-state index in [0.717, 1.165) is 0 Å². The Bertz CT molecular complexity index is 776. The van der Waals surface area contributed by atoms with E-state index in [9.17, 15) is 9.59 Å². The summed E-state index contributed by atoms with van der Waals surface area (Å²) < 4.78 is 17.3. The fraction of sp³-hybridized carbons (Fsp3) is 0.652. The second-order valence-electron chi connectivity index (χ2n) is 8.65. The average Bonchev–Trinajstić information content (AvgIpc) is 2.74. The van der Waals surface area contributed by atoms with Crippen LogP contribution < -0.4 is 14.2 Å². The van der Waals surface area contributed by atoms with Gasteiger partial charge in [0.05, 0.1) is 26.2 Å². The number of Topliss-reactive ketones (excluding diaryl/α,β-unsaturated/α-hetero) is 1. The number of hydrogen-bond acceptors (Lipinski definition) is 5. The van der Waals surface area contributed by atoms with Gasteiger partial charge in [0, 0.05) is 32.4 Å². The number of amides is 1. The van der Waals surface area contributed by atoms with E-state index in [2.05, 4.69) is 0 Å². The minimum Gasteiger partial charge on any atom is -0.493 e. The largest absolute Gasteiger partial charge is 0.493 e. The van der Waals surface area contributed by atoms with Gasteiger partial charge in [-0.15, -0.1) is 0 Å². The molecule has 0 aromatic heterocycles. The zero-order valence-electron chi connectivity index (χ0n) is 17.5. The van der Waals surface area contributed by atoms with E-state index < -0.39 is 5.60 Å². The van der Waals surface area contributed by atoms with Gasteiger partial charge in [0.25, 0.3) is 0 Å². The van der Waals surface area contributed by atoms with Crippen LogP contribution in [0, 0.1) is 5.92 Å². The predicted molar refractivity (Wildman–Crippen MR) is 109 cm³/mol. The summed E-state index contributed by atoms with van der Waals surface area (Å²) in [4.78, 5) is 27.6. The van der Waals surface area contributed by atoms with Crippen LogP contribution in [0.15, 0.2) is 12.1 Å². The summed E-state index contributed by atoms with van der Waals surface area (Å²) in [6.45, 7) is 1.28. The maximum atomic E-state index is 12.8. The molecule has 2 aliphatic heterocycles. The van der Waals surface area contributed by atoms with Crippen molar-refractivity contribution in [2.75, 3.05) is 27.3 Å². The Morgan fingerprint density at radius 2 is 1.86 bits per heavy atom. The minimum absolute atomic E-state index is 0.0641. The fourth-order valence-corrected chi connectivity index (χ4v) is 5.07. The van der Waals surface area contributed by atoms with Crippen molar-refractivity contribution in [2.45, 2.75) is 63.4 Å². The summed E-state index contributed by atoms with van der Waals surface area (Å²) in [6.07, 6.45) is 8.51. The smallest absolute Gasteiger partial charge is 0.222 e. The van der Waals surface area contributed by atoms with Crippen LogP contribution in [-0.2, 0) is 4.79 Å². The van der Waals surface area contributed by atoms with Crippen LogP contribution >= 0.6 is 0 Å². The first-order chi connectivity index (χ1) is 14.0. The van der Waals surface area contributed by atoms with Crippen molar-refractivity contribution in [3.8, 4) is 17.2 Å². The highest BCUT2D eigenvalue weighted by Gasteiger charge is 2.45. The number of rotatable bonds is 4. The average molecular weight is 402 g/mol. The molecular weight excluding hydrogens is 370 g/mol. The Hall–Kier alpha value is -2.24. The highest BCUT2D eigenvalue weighted by Crippen LogP contribution is 2.47. The van der Waals surface area contributed by atoms with Gasteiger partial charge in [-0.25, -0.2) is 0 Å². The molecule has 6 nitrogen and oxygen atoms in total. The summed E-state index contributed by atoms with van der Waals surface area (Å²) >= 11 is 0. The van der Waals surface area contributed by atoms with Crippen molar-refractivity contribution < 1.29 is 23.8 Å². The van der Waals surface area contributed by atoms with Crippen LogP contribution in [0.2, 0.25) is 0 Å². The number of hydrogen-bond donors (Lipinski definition) is 0. The second-order valence-corrected chi connectivity index (χ2v) is 8.65. The third-order valence-corrected chi connectivity index (χ3v) is 6.82. The van der Waals surface area contributed by atoms with Crippen LogP contribution in [0.3, 0.4) is 0 Å². The van der Waals surface area contributed by atoms with Gasteiger partial charge in [-0.05, 0) is 30.9 Å². The Labute approximate surface area is 172 Å². The first-order valence-corrected chi connectivity index (χ1v) is 10.8. The van der Waals surface area contributed by atoms with Crippen LogP contribution in [0.5, 0.6) is 17.2 Å². The van der Waals surface area contributed by atoms with Gasteiger partial charge in [-0.2, -0.15) is 0 Å². The lowest BCUT2D eigenvalue weighted by Gasteiger charge is -2.44. The van der Waals surface area contributed by atoms with E-state index in [1.807, 2.05) is 4.90 Å². The van der Waals surface area contributed by atoms with Gasteiger partial charge in [0.15, 0.2) is 17.3 Å². The molecule has 1 aromatic carbocycles. The first-order valence-electron chi connectivity index (χ1n) is 10.8. The van der Waals surface area contributed by atoms with E-state index in [4.69, 9.17) is 14.2 Å². The minimum atomic E-state index is -0.564. The quantitative estimate of drug-likeness (QED) is 0.763. The highest BCUT2D eigenvalue weighted by atomic mass is 16.5. The van der Waals surface area contributed by atoms with E-state index in [0.29, 0.717) is 67.5 Å². The summed E-state index contributed by atoms with van der Waals surface area (Å²) in [5.74, 6) is 2.36. The summed E-state index contributed by atoms with van der Waals surface area (Å²) in [5.41, 5.74) is -0.0187. The highest BCUT2D eigenvalue weighted by molar-refractivity contribution is 6.01. The SMILES string of the molecule is COc1ccc2c(c1OC)OC1(CCN(C(=O)CC3CCCCC3)CC1)CC2=O. The van der Waals surface area contributed by atoms with Gasteiger partial charge in [0.1, 0.15) is 5.60 Å². The summed E-state index contributed by atoms with van der Waals surface area (Å²) in [6, 6.07) is 3.48. The molecule has 0 unspecified atom stereocenters. The number of methoxy groups -OCH3 is 2. The van der Waals surface area contributed by atoms with E-state index >= 15 is 0 Å². The maximum Gasteiger partial charge on any atom is 0.222 e. The molecule has 29 heavy (non-hydrogen) atoms. The molecule has 1 aromatic rings. The van der Waals surface area contributed by atoms with E-state index in [-0.39, 0.29) is 11.7 Å². The number of nitrogens with zero attached hydrogens (tertiary/aromatic N) is 1. The number of piperidine rings is 1. The molecule has 4 rings (SSSR count). The molecule has 2 fully saturated rings. The van der Waals surface area contributed by atoms with Crippen LogP contribution in [-0.4, -0.2) is 49.5 Å². The van der Waals surface area contributed by atoms with Gasteiger partial charge in [-0.1, -0.05) is 19.3 Å². The number of carbonyl (C=O) groups is 2. The van der Waals surface area contributed by atoms with Crippen molar-refractivity contribution in [2.24, 2.45) is 5.92 Å². The number of carbonyl (C=O) groups excluding carboxylic acids is 2. The number of likely N-dealkylation sites (tertiary alicyclic amines) is 1. The summed E-state index contributed by atoms with van der Waals surface area (Å²) in [5, 5.41) is 0. The van der Waals surface area contributed by atoms with Crippen molar-refractivity contribution >= 4 is 11.7 Å². The molecule has 0 atom stereocenters. The fourth-order valence-electron chi connectivity index (χ4n) is 5.07. The topological polar surface area (TPSA) is 65.1 Å². The second kappa shape index (κ2) is 8.25. The lowest BCUT2D eigenvalue weighted by molar-refractivity contribution is -0.136. The molecule has 0 radical (unpaired) electrons. The van der Waals surface area contributed by atoms with Crippen molar-refractivity contribution in [3.63, 3.8) is 0 Å². The van der Waals surface area contributed by atoms with Crippen molar-refractivity contribution in [3.05, 3.63) is 17.7 Å². The normalized spacial score (nSPS) is 21.4. The van der Waals surface area contributed by atoms with E-state index in [1.54, 1.807) is 26.4 Å². The maximum absolute atomic E-state index is 12.8. The zero-order valence-corrected chi connectivity index (χ0v) is 17.5. The first kappa shape index (κ1) is 20.0. The molecular formula is C23H31NO5. The van der Waals surface area contributed by atoms with Crippen LogP contribution in [0.25, 0.3) is 0 Å². The zero-order chi connectivity index (χ0) is 20.4. The molecule has 6 heteroatoms. The molecule has 2 heterocycles. The monoisotopic (exact) mass is 401 g/mol. The van der Waals surface area contributed by atoms with Crippen molar-refractivity contribution in [1.29, 1.82) is 0 Å². The van der Waals surface area contributed by atoms with Gasteiger partial charge in [-0.3, -0.25) is 9.59 Å². The van der Waals surface area contributed by atoms with Crippen LogP contribution in [0.4, 0.5) is 0 Å². The molecule has 1 saturated carbocycles. The summed E-state index contributed by atoms with van der Waals surface area (Å²) in [7, 11) is 3.13. The lowest BCUT2D eigenvalue weighted by atomic mass is 9.81. The number of ether oxygens (including phenoxy) is 3. The Morgan fingerprint density at radius 3 is 2.52 bits per heavy atom. The molecule has 158 valence electrons. The number of ketones is 1. The standard InChI is InChI=1S/C23H31NO5/c1-27-19-9-8-17-18(25)15-23(29-21(17)22(19)28-2)10-12-24(13-11-23)20(26)14-16-6-4-3-5-7-16/h8-9,16H,3-7,10-15H2,1-2H3. The third-order valence-electron chi connectivity index (χ3n) is 6.82. The van der Waals surface area contributed by atoms with E-state index in [1.165, 1.54) is 32.1 Å². The Balaban J connectivity index is 1.45. The van der Waals surface area contributed by atoms with Gasteiger partial charge >= 0.3 is 0 Å². The third kappa shape index (κ3) is 3.94. The van der Waals surface area contributed by atoms with Gasteiger partial charge in [0.2, 0.25) is 11.7 Å². The number of benzene rings is 1. The van der Waals surface area contributed by atoms with Crippen LogP contribution in [0.1, 0.15) is 68.1 Å². The molecule has 0 N–H and O–H groups in total. The van der Waals surface area contributed by atoms with Crippen molar-refractivity contribution in [1.82, 2.24) is 4.90 Å². The molecule has 1 spiro atoms. The molecule has 3 aliphatic rings. The molecule has 1 aliphatic carbocycles. The molecule has 0 bridgehead atoms. The Morgan fingerprint density at radius 1 is 1.14 bits per heavy atom. The lowest BCUT2D eigenvalue weighted by Crippen LogP contribution is -2.52. The Kier molecular flexibility index (Phi) is 5.70. The predicted octanol–water partition coefficient (Wildman–Crippen LogP) is 4.00. The van der Waals surface area contributed by atoms with Gasteiger partial charge < -0.3 is 19.1 Å². The number of fused-ring (bicyclic) bond motifs is 1.